The zero-order valence-corrected chi connectivity index (χ0v) is 36.1. The van der Waals surface area contributed by atoms with Gasteiger partial charge in [-0.3, -0.25) is 28.8 Å². The molecule has 0 aromatic carbocycles. The minimum Gasteiger partial charge on any atom is -0.472 e. The highest BCUT2D eigenvalue weighted by Gasteiger charge is 2.78. The molecule has 2 saturated carbocycles. The van der Waals surface area contributed by atoms with E-state index < -0.39 is 137 Å². The van der Waals surface area contributed by atoms with Crippen LogP contribution in [0.3, 0.4) is 0 Å². The molecule has 3 aliphatic rings. The normalized spacial score (nSPS) is 35.3. The number of carbonyl (C=O) groups is 7. The molecule has 1 saturated heterocycles. The molecule has 17 heteroatoms. The molecule has 1 aliphatic heterocycles. The summed E-state index contributed by atoms with van der Waals surface area (Å²) in [6.07, 6.45) is -6.00. The van der Waals surface area contributed by atoms with Gasteiger partial charge in [-0.25, -0.2) is 4.79 Å². The number of fused-ring (bicyclic) bond motifs is 1. The third kappa shape index (κ3) is 8.43. The van der Waals surface area contributed by atoms with E-state index in [0.29, 0.717) is 18.4 Å². The second-order valence-electron chi connectivity index (χ2n) is 17.1. The van der Waals surface area contributed by atoms with Crippen LogP contribution in [0.15, 0.2) is 35.2 Å². The summed E-state index contributed by atoms with van der Waals surface area (Å²) >= 11 is 0. The van der Waals surface area contributed by atoms with Crippen molar-refractivity contribution in [2.75, 3.05) is 13.7 Å². The summed E-state index contributed by atoms with van der Waals surface area (Å²) in [6, 6.07) is 1.61. The molecule has 2 aliphatic carbocycles. The maximum absolute atomic E-state index is 14.1. The van der Waals surface area contributed by atoms with Crippen molar-refractivity contribution in [2.45, 2.75) is 142 Å². The highest BCUT2D eigenvalue weighted by Crippen LogP contribution is 2.69. The Kier molecular flexibility index (Phi) is 14.7. The Morgan fingerprint density at radius 3 is 2.17 bits per heavy atom. The van der Waals surface area contributed by atoms with E-state index in [2.05, 4.69) is 6.58 Å². The summed E-state index contributed by atoms with van der Waals surface area (Å²) in [5, 5.41) is 24.8. The Balaban J connectivity index is 2.16. The van der Waals surface area contributed by atoms with Crippen LogP contribution in [-0.2, 0) is 66.7 Å². The lowest BCUT2D eigenvalue weighted by Gasteiger charge is -2.62. The Labute approximate surface area is 349 Å². The van der Waals surface area contributed by atoms with Crippen molar-refractivity contribution in [2.24, 2.45) is 34.5 Å². The van der Waals surface area contributed by atoms with Gasteiger partial charge in [0, 0.05) is 37.0 Å². The fraction of sp³-hybridized carbons (Fsp3) is 0.698. The average molecular weight is 849 g/mol. The van der Waals surface area contributed by atoms with Gasteiger partial charge in [0.25, 0.3) is 6.47 Å². The largest absolute Gasteiger partial charge is 0.472 e. The van der Waals surface area contributed by atoms with Gasteiger partial charge >= 0.3 is 35.8 Å². The zero-order chi connectivity index (χ0) is 45.1. The number of aliphatic hydroxyl groups excluding tert-OH is 1. The maximum Gasteiger partial charge on any atom is 0.335 e. The fourth-order valence-corrected chi connectivity index (χ4v) is 9.99. The fourth-order valence-electron chi connectivity index (χ4n) is 9.99. The van der Waals surface area contributed by atoms with Crippen LogP contribution in [0.25, 0.3) is 0 Å². The lowest BCUT2D eigenvalue weighted by molar-refractivity contribution is -0.251. The van der Waals surface area contributed by atoms with Crippen molar-refractivity contribution in [3.63, 3.8) is 0 Å². The second kappa shape index (κ2) is 18.5. The molecule has 0 radical (unpaired) electrons. The van der Waals surface area contributed by atoms with E-state index in [9.17, 15) is 43.8 Å². The lowest BCUT2D eigenvalue weighted by atomic mass is 9.46. The van der Waals surface area contributed by atoms with Crippen molar-refractivity contribution >= 4 is 42.3 Å². The average Bonchev–Trinajstić information content (AvgIpc) is 3.79. The minimum atomic E-state index is -2.42. The van der Waals surface area contributed by atoms with Crippen molar-refractivity contribution in [1.82, 2.24) is 0 Å². The Hall–Kier alpha value is -4.77. The van der Waals surface area contributed by atoms with Gasteiger partial charge in [0.2, 0.25) is 0 Å². The lowest BCUT2D eigenvalue weighted by Crippen LogP contribution is -2.72. The number of cyclic esters (lactones) is 1. The van der Waals surface area contributed by atoms with E-state index in [1.807, 2.05) is 0 Å². The van der Waals surface area contributed by atoms with Gasteiger partial charge in [0.1, 0.15) is 42.2 Å². The third-order valence-electron chi connectivity index (χ3n) is 13.7. The molecule has 1 aromatic heterocycles. The van der Waals surface area contributed by atoms with Crippen LogP contribution < -0.4 is 0 Å². The number of hydrogen-bond donors (Lipinski definition) is 2. The van der Waals surface area contributed by atoms with Crippen molar-refractivity contribution < 1.29 is 81.4 Å². The molecule has 2 N–H and O–H groups in total. The van der Waals surface area contributed by atoms with Crippen LogP contribution in [0.1, 0.15) is 106 Å². The number of aliphatic hydroxyl groups is 2. The molecule has 60 heavy (non-hydrogen) atoms. The van der Waals surface area contributed by atoms with Crippen LogP contribution in [0.2, 0.25) is 0 Å². The van der Waals surface area contributed by atoms with Gasteiger partial charge in [-0.15, -0.1) is 0 Å². The molecule has 2 heterocycles. The summed E-state index contributed by atoms with van der Waals surface area (Å²) < 4.78 is 46.4. The van der Waals surface area contributed by atoms with Crippen molar-refractivity contribution in [3.05, 3.63) is 36.3 Å². The minimum absolute atomic E-state index is 0.0843. The first-order chi connectivity index (χ1) is 28.0. The molecule has 334 valence electrons. The SMILES string of the molecule is C=C1C([C@]2(C)C(CC(=O)OC)[C@@](C)(COC(=O)C(C)CC)OC(=O)C[C@@H]2OC(C)=O)[C@@H](OC=O)[C@H](OC(=O)C(O)C(C)CC)[C@@]2(C)[C@H](c3ccoc3)C[C@@H](OC(C)=O)[C@]12O. The molecule has 0 bridgehead atoms. The third-order valence-corrected chi connectivity index (χ3v) is 13.7. The zero-order valence-electron chi connectivity index (χ0n) is 36.1. The summed E-state index contributed by atoms with van der Waals surface area (Å²) in [5.74, 6) is -10.3. The molecule has 14 atom stereocenters. The van der Waals surface area contributed by atoms with E-state index >= 15 is 0 Å². The highest BCUT2D eigenvalue weighted by atomic mass is 16.6. The molecular weight excluding hydrogens is 788 g/mol. The van der Waals surface area contributed by atoms with Gasteiger partial charge in [-0.1, -0.05) is 54.5 Å². The van der Waals surface area contributed by atoms with E-state index in [-0.39, 0.29) is 18.5 Å². The number of carbonyl (C=O) groups excluding carboxylic acids is 7. The van der Waals surface area contributed by atoms with Crippen LogP contribution >= 0.6 is 0 Å². The number of esters is 6. The van der Waals surface area contributed by atoms with Crippen molar-refractivity contribution in [3.8, 4) is 0 Å². The predicted octanol–water partition coefficient (Wildman–Crippen LogP) is 3.89. The van der Waals surface area contributed by atoms with E-state index in [1.165, 1.54) is 26.4 Å². The second-order valence-corrected chi connectivity index (χ2v) is 17.1. The summed E-state index contributed by atoms with van der Waals surface area (Å²) in [6.45, 7) is 17.3. The monoisotopic (exact) mass is 848 g/mol. The maximum atomic E-state index is 14.1. The van der Waals surface area contributed by atoms with Crippen LogP contribution in [0, 0.1) is 34.5 Å². The summed E-state index contributed by atoms with van der Waals surface area (Å²) in [7, 11) is 1.12. The number of methoxy groups -OCH3 is 1. The predicted molar refractivity (Wildman–Crippen MR) is 207 cm³/mol. The van der Waals surface area contributed by atoms with E-state index in [0.717, 1.165) is 21.0 Å². The highest BCUT2D eigenvalue weighted by molar-refractivity contribution is 5.76. The first-order valence-electron chi connectivity index (χ1n) is 20.2. The molecule has 4 rings (SSSR count). The van der Waals surface area contributed by atoms with Gasteiger partial charge < -0.3 is 47.8 Å². The Morgan fingerprint density at radius 1 is 1.00 bits per heavy atom. The molecule has 17 nitrogen and oxygen atoms in total. The number of hydrogen-bond acceptors (Lipinski definition) is 17. The first-order valence-corrected chi connectivity index (χ1v) is 20.2. The molecule has 1 aromatic rings. The molecule has 0 amide bonds. The summed E-state index contributed by atoms with van der Waals surface area (Å²) in [5.41, 5.74) is -7.82. The number of furan rings is 1. The number of ether oxygens (including phenoxy) is 7. The first kappa shape index (κ1) is 47.9. The summed E-state index contributed by atoms with van der Waals surface area (Å²) in [4.78, 5) is 93.4. The molecular formula is C43H60O17. The van der Waals surface area contributed by atoms with Crippen LogP contribution in [0.4, 0.5) is 0 Å². The van der Waals surface area contributed by atoms with Gasteiger partial charge in [0.15, 0.2) is 6.10 Å². The number of rotatable bonds is 16. The quantitative estimate of drug-likeness (QED) is 0.104. The topological polar surface area (TPSA) is 238 Å². The van der Waals surface area contributed by atoms with Crippen LogP contribution in [-0.4, -0.2) is 108 Å². The van der Waals surface area contributed by atoms with Gasteiger partial charge in [-0.05, 0) is 42.9 Å². The standard InChI is InChI=1S/C43H60O17/c1-12-22(3)35(49)39(51)59-37-36(56-21-44)34(24(5)43(52)31(58-26(7)46)16-28(42(37,43)10)27-14-15-54-19-27)41(9)29(17-32(47)53-11)40(8,20-55-38(50)23(4)13-2)60-33(48)18-30(41)57-25(6)45/h14-15,19,21-23,28-31,34-37,49,52H,5,12-13,16-18,20H2,1-4,6-11H3/t22?,23?,28-,29?,30-,31+,34?,35?,36+,37-,40+,41+,42+,43+/m0/s1. The smallest absolute Gasteiger partial charge is 0.335 e. The Morgan fingerprint density at radius 2 is 1.63 bits per heavy atom. The molecule has 5 unspecified atom stereocenters. The van der Waals surface area contributed by atoms with Gasteiger partial charge in [-0.2, -0.15) is 0 Å². The molecule has 0 spiro atoms. The van der Waals surface area contributed by atoms with Crippen molar-refractivity contribution in [1.29, 1.82) is 0 Å². The van der Waals surface area contributed by atoms with Crippen LogP contribution in [0.5, 0.6) is 0 Å². The molecule has 3 fully saturated rings. The Bertz CT molecular complexity index is 1790. The van der Waals surface area contributed by atoms with E-state index in [4.69, 9.17) is 37.6 Å². The van der Waals surface area contributed by atoms with E-state index in [1.54, 1.807) is 40.7 Å². The van der Waals surface area contributed by atoms with Gasteiger partial charge in [0.05, 0.1) is 43.8 Å².